The Kier molecular flexibility index (Phi) is 5.85. The zero-order valence-electron chi connectivity index (χ0n) is 16.1. The molecule has 2 heterocycles. The number of fused-ring (bicyclic) bond motifs is 1. The standard InChI is InChI=1S/C21H28N2O4/c1-3-5-12-23-20(26)17-15-16(7-9-19(24)25)6-8-18(17)27-21(23)10-13-22(4-2)14-11-21/h6-9,15H,3-5,10-14H2,1-2H3,(H,24,25)/b9-7+. The van der Waals surface area contributed by atoms with E-state index in [0.717, 1.165) is 51.4 Å². The Morgan fingerprint density at radius 3 is 2.67 bits per heavy atom. The van der Waals surface area contributed by atoms with Gasteiger partial charge in [0.1, 0.15) is 5.75 Å². The molecule has 1 fully saturated rings. The third-order valence-electron chi connectivity index (χ3n) is 5.51. The predicted molar refractivity (Wildman–Crippen MR) is 104 cm³/mol. The van der Waals surface area contributed by atoms with Crippen molar-refractivity contribution in [2.24, 2.45) is 0 Å². The lowest BCUT2D eigenvalue weighted by Gasteiger charge is -2.51. The van der Waals surface area contributed by atoms with Gasteiger partial charge in [-0.15, -0.1) is 0 Å². The van der Waals surface area contributed by atoms with Crippen molar-refractivity contribution >= 4 is 18.0 Å². The molecule has 2 aliphatic heterocycles. The number of carbonyl (C=O) groups excluding carboxylic acids is 1. The van der Waals surface area contributed by atoms with Gasteiger partial charge in [-0.1, -0.05) is 26.3 Å². The van der Waals surface area contributed by atoms with E-state index in [4.69, 9.17) is 9.84 Å². The second-order valence-corrected chi connectivity index (χ2v) is 7.22. The third-order valence-corrected chi connectivity index (χ3v) is 5.51. The molecule has 146 valence electrons. The molecule has 0 aromatic heterocycles. The minimum absolute atomic E-state index is 0.0137. The lowest BCUT2D eigenvalue weighted by molar-refractivity contribution is -0.131. The zero-order valence-corrected chi connectivity index (χ0v) is 16.1. The predicted octanol–water partition coefficient (Wildman–Crippen LogP) is 3.23. The van der Waals surface area contributed by atoms with Crippen LogP contribution in [0.15, 0.2) is 24.3 Å². The van der Waals surface area contributed by atoms with Gasteiger partial charge in [-0.25, -0.2) is 4.79 Å². The largest absolute Gasteiger partial charge is 0.478 e. The number of benzene rings is 1. The van der Waals surface area contributed by atoms with Crippen molar-refractivity contribution in [3.05, 3.63) is 35.4 Å². The monoisotopic (exact) mass is 372 g/mol. The Balaban J connectivity index is 1.93. The van der Waals surface area contributed by atoms with Gasteiger partial charge in [0.05, 0.1) is 5.56 Å². The Labute approximate surface area is 160 Å². The first-order valence-corrected chi connectivity index (χ1v) is 9.77. The van der Waals surface area contributed by atoms with E-state index in [1.165, 1.54) is 6.08 Å². The van der Waals surface area contributed by atoms with Crippen LogP contribution in [0.4, 0.5) is 0 Å². The van der Waals surface area contributed by atoms with Gasteiger partial charge in [-0.05, 0) is 36.7 Å². The molecule has 1 saturated heterocycles. The van der Waals surface area contributed by atoms with Crippen LogP contribution in [-0.2, 0) is 4.79 Å². The van der Waals surface area contributed by atoms with Gasteiger partial charge < -0.3 is 19.6 Å². The maximum Gasteiger partial charge on any atom is 0.328 e. The molecule has 0 radical (unpaired) electrons. The molecule has 0 atom stereocenters. The summed E-state index contributed by atoms with van der Waals surface area (Å²) in [5, 5.41) is 8.82. The summed E-state index contributed by atoms with van der Waals surface area (Å²) in [6.07, 6.45) is 6.12. The number of amides is 1. The summed E-state index contributed by atoms with van der Waals surface area (Å²) in [6.45, 7) is 7.79. The van der Waals surface area contributed by atoms with E-state index in [9.17, 15) is 9.59 Å². The Bertz CT molecular complexity index is 736. The van der Waals surface area contributed by atoms with Crippen LogP contribution in [0, 0.1) is 0 Å². The van der Waals surface area contributed by atoms with Crippen LogP contribution in [-0.4, -0.2) is 58.7 Å². The molecule has 1 aromatic carbocycles. The summed E-state index contributed by atoms with van der Waals surface area (Å²) in [5.74, 6) is -0.424. The first-order valence-electron chi connectivity index (χ1n) is 9.77. The van der Waals surface area contributed by atoms with E-state index in [1.807, 2.05) is 4.90 Å². The highest BCUT2D eigenvalue weighted by Gasteiger charge is 2.48. The molecule has 27 heavy (non-hydrogen) atoms. The maximum absolute atomic E-state index is 13.3. The smallest absolute Gasteiger partial charge is 0.328 e. The molecule has 1 N–H and O–H groups in total. The van der Waals surface area contributed by atoms with Crippen LogP contribution in [0.1, 0.15) is 55.5 Å². The second-order valence-electron chi connectivity index (χ2n) is 7.22. The summed E-state index contributed by atoms with van der Waals surface area (Å²) in [4.78, 5) is 28.4. The van der Waals surface area contributed by atoms with Crippen molar-refractivity contribution in [3.63, 3.8) is 0 Å². The molecule has 2 aliphatic rings. The molecule has 0 bridgehead atoms. The summed E-state index contributed by atoms with van der Waals surface area (Å²) in [5.41, 5.74) is 0.631. The van der Waals surface area contributed by atoms with Crippen molar-refractivity contribution in [2.75, 3.05) is 26.2 Å². The molecule has 0 unspecified atom stereocenters. The molecule has 6 heteroatoms. The Hall–Kier alpha value is -2.34. The highest BCUT2D eigenvalue weighted by atomic mass is 16.5. The number of carboxylic acids is 1. The van der Waals surface area contributed by atoms with E-state index in [2.05, 4.69) is 18.7 Å². The van der Waals surface area contributed by atoms with E-state index < -0.39 is 11.7 Å². The SMILES string of the molecule is CCCCN1C(=O)c2cc(/C=C/C(=O)O)ccc2OC12CCN(CC)CC2. The number of piperidine rings is 1. The van der Waals surface area contributed by atoms with E-state index >= 15 is 0 Å². The summed E-state index contributed by atoms with van der Waals surface area (Å²) < 4.78 is 6.45. The topological polar surface area (TPSA) is 70.1 Å². The number of hydrogen-bond donors (Lipinski definition) is 1. The molecule has 1 amide bonds. The minimum atomic E-state index is -1.01. The van der Waals surface area contributed by atoms with Crippen molar-refractivity contribution in [1.82, 2.24) is 9.80 Å². The fraction of sp³-hybridized carbons (Fsp3) is 0.524. The molecule has 6 nitrogen and oxygen atoms in total. The van der Waals surface area contributed by atoms with Gasteiger partial charge in [0.25, 0.3) is 5.91 Å². The first kappa shape index (κ1) is 19.4. The molecule has 1 aromatic rings. The van der Waals surface area contributed by atoms with E-state index in [1.54, 1.807) is 18.2 Å². The highest BCUT2D eigenvalue weighted by Crippen LogP contribution is 2.40. The van der Waals surface area contributed by atoms with Crippen LogP contribution < -0.4 is 4.74 Å². The van der Waals surface area contributed by atoms with Gasteiger partial charge in [-0.3, -0.25) is 4.79 Å². The average Bonchev–Trinajstić information content (AvgIpc) is 2.67. The van der Waals surface area contributed by atoms with E-state index in [-0.39, 0.29) is 5.91 Å². The third kappa shape index (κ3) is 4.00. The fourth-order valence-electron chi connectivity index (χ4n) is 3.88. The highest BCUT2D eigenvalue weighted by molar-refractivity contribution is 5.99. The van der Waals surface area contributed by atoms with Gasteiger partial charge >= 0.3 is 5.97 Å². The molecule has 3 rings (SSSR count). The second kappa shape index (κ2) is 8.13. The number of likely N-dealkylation sites (tertiary alicyclic amines) is 1. The van der Waals surface area contributed by atoms with Gasteiger partial charge in [0.2, 0.25) is 0 Å². The van der Waals surface area contributed by atoms with Crippen LogP contribution in [0.2, 0.25) is 0 Å². The normalized spacial score (nSPS) is 19.3. The number of ether oxygens (including phenoxy) is 1. The number of unbranched alkanes of at least 4 members (excludes halogenated alkanes) is 1. The maximum atomic E-state index is 13.3. The van der Waals surface area contributed by atoms with Crippen LogP contribution in [0.5, 0.6) is 5.75 Å². The number of hydrogen-bond acceptors (Lipinski definition) is 4. The lowest BCUT2D eigenvalue weighted by atomic mass is 9.93. The van der Waals surface area contributed by atoms with Gasteiger partial charge in [0, 0.05) is 38.6 Å². The fourth-order valence-corrected chi connectivity index (χ4v) is 3.88. The number of aliphatic carboxylic acids is 1. The van der Waals surface area contributed by atoms with Crippen molar-refractivity contribution in [1.29, 1.82) is 0 Å². The van der Waals surface area contributed by atoms with Crippen LogP contribution >= 0.6 is 0 Å². The minimum Gasteiger partial charge on any atom is -0.478 e. The Morgan fingerprint density at radius 1 is 1.30 bits per heavy atom. The van der Waals surface area contributed by atoms with E-state index in [0.29, 0.717) is 23.4 Å². The van der Waals surface area contributed by atoms with Crippen molar-refractivity contribution in [3.8, 4) is 5.75 Å². The number of carbonyl (C=O) groups is 2. The molecule has 0 aliphatic carbocycles. The average molecular weight is 372 g/mol. The first-order chi connectivity index (χ1) is 13.0. The number of nitrogens with zero attached hydrogens (tertiary/aromatic N) is 2. The number of carboxylic acid groups (broad SMARTS) is 1. The number of rotatable bonds is 6. The summed E-state index contributed by atoms with van der Waals surface area (Å²) >= 11 is 0. The quantitative estimate of drug-likeness (QED) is 0.777. The van der Waals surface area contributed by atoms with Gasteiger partial charge in [-0.2, -0.15) is 0 Å². The summed E-state index contributed by atoms with van der Waals surface area (Å²) in [7, 11) is 0. The Morgan fingerprint density at radius 2 is 2.04 bits per heavy atom. The zero-order chi connectivity index (χ0) is 19.4. The molecule has 1 spiro atoms. The molecular formula is C21H28N2O4. The van der Waals surface area contributed by atoms with Crippen molar-refractivity contribution in [2.45, 2.75) is 45.3 Å². The summed E-state index contributed by atoms with van der Waals surface area (Å²) in [6, 6.07) is 5.31. The van der Waals surface area contributed by atoms with Crippen LogP contribution in [0.3, 0.4) is 0 Å². The van der Waals surface area contributed by atoms with Gasteiger partial charge in [0.15, 0.2) is 5.72 Å². The lowest BCUT2D eigenvalue weighted by Crippen LogP contribution is -2.63. The van der Waals surface area contributed by atoms with Crippen molar-refractivity contribution < 1.29 is 19.4 Å². The molecule has 0 saturated carbocycles. The molecular weight excluding hydrogens is 344 g/mol. The van der Waals surface area contributed by atoms with Crippen LogP contribution in [0.25, 0.3) is 6.08 Å².